The number of nitrogens with one attached hydrogen (secondary N) is 2. The van der Waals surface area contributed by atoms with Gasteiger partial charge in [-0.2, -0.15) is 0 Å². The lowest BCUT2D eigenvalue weighted by molar-refractivity contribution is 0.518. The molecule has 0 saturated carbocycles. The van der Waals surface area contributed by atoms with E-state index in [4.69, 9.17) is 12.2 Å². The Hall–Kier alpha value is -0.310. The van der Waals surface area contributed by atoms with Gasteiger partial charge in [0, 0.05) is 12.6 Å². The normalized spacial score (nSPS) is 10.9. The van der Waals surface area contributed by atoms with Crippen molar-refractivity contribution in [3.05, 3.63) is 0 Å². The number of hydrogen-bond acceptors (Lipinski definition) is 1. The molecule has 2 nitrogen and oxygen atoms in total. The summed E-state index contributed by atoms with van der Waals surface area (Å²) in [6, 6.07) is 0.422. The zero-order valence-corrected chi connectivity index (χ0v) is 12.1. The Morgan fingerprint density at radius 3 is 2.19 bits per heavy atom. The molecule has 0 aromatic heterocycles. The topological polar surface area (TPSA) is 24.1 Å². The third-order valence-electron chi connectivity index (χ3n) is 2.41. The van der Waals surface area contributed by atoms with E-state index < -0.39 is 0 Å². The van der Waals surface area contributed by atoms with Crippen LogP contribution in [0.4, 0.5) is 0 Å². The Balaban J connectivity index is 3.18. The summed E-state index contributed by atoms with van der Waals surface area (Å²) < 4.78 is 0. The van der Waals surface area contributed by atoms with E-state index in [0.717, 1.165) is 17.6 Å². The average Bonchev–Trinajstić information content (AvgIpc) is 2.14. The zero-order valence-electron chi connectivity index (χ0n) is 11.3. The Labute approximate surface area is 107 Å². The molecule has 2 N–H and O–H groups in total. The first kappa shape index (κ1) is 15.7. The van der Waals surface area contributed by atoms with Crippen LogP contribution in [0.1, 0.15) is 59.8 Å². The van der Waals surface area contributed by atoms with E-state index in [-0.39, 0.29) is 0 Å². The fourth-order valence-corrected chi connectivity index (χ4v) is 1.88. The summed E-state index contributed by atoms with van der Waals surface area (Å²) in [7, 11) is 0. The van der Waals surface area contributed by atoms with Crippen molar-refractivity contribution in [2.75, 3.05) is 6.54 Å². The predicted octanol–water partition coefficient (Wildman–Crippen LogP) is 3.47. The fraction of sp³-hybridized carbons (Fsp3) is 0.923. The molecule has 0 bridgehead atoms. The summed E-state index contributed by atoms with van der Waals surface area (Å²) >= 11 is 5.14. The summed E-state index contributed by atoms with van der Waals surface area (Å²) in [6.45, 7) is 9.77. The van der Waals surface area contributed by atoms with Gasteiger partial charge in [-0.25, -0.2) is 0 Å². The molecule has 0 rings (SSSR count). The second-order valence-corrected chi connectivity index (χ2v) is 5.56. The van der Waals surface area contributed by atoms with Crippen LogP contribution in [0, 0.1) is 5.92 Å². The van der Waals surface area contributed by atoms with Gasteiger partial charge >= 0.3 is 0 Å². The predicted molar refractivity (Wildman–Crippen MR) is 76.8 cm³/mol. The lowest BCUT2D eigenvalue weighted by Crippen LogP contribution is -2.39. The Bertz CT molecular complexity index is 179. The van der Waals surface area contributed by atoms with Gasteiger partial charge in [-0.3, -0.25) is 0 Å². The zero-order chi connectivity index (χ0) is 12.4. The highest BCUT2D eigenvalue weighted by Gasteiger charge is 1.97. The maximum absolute atomic E-state index is 5.14. The summed E-state index contributed by atoms with van der Waals surface area (Å²) in [6.07, 6.45) is 6.61. The summed E-state index contributed by atoms with van der Waals surface area (Å²) in [5.74, 6) is 0.848. The lowest BCUT2D eigenvalue weighted by atomic mass is 10.0. The van der Waals surface area contributed by atoms with Crippen molar-refractivity contribution in [1.29, 1.82) is 0 Å². The molecule has 0 heterocycles. The second-order valence-electron chi connectivity index (χ2n) is 5.15. The van der Waals surface area contributed by atoms with Crippen LogP contribution in [0.2, 0.25) is 0 Å². The highest BCUT2D eigenvalue weighted by atomic mass is 32.1. The fourth-order valence-electron chi connectivity index (χ4n) is 1.55. The van der Waals surface area contributed by atoms with Crippen molar-refractivity contribution in [2.45, 2.75) is 65.8 Å². The van der Waals surface area contributed by atoms with Crippen molar-refractivity contribution >= 4 is 17.3 Å². The van der Waals surface area contributed by atoms with E-state index in [1.807, 2.05) is 0 Å². The first-order valence-corrected chi connectivity index (χ1v) is 6.97. The van der Waals surface area contributed by atoms with Gasteiger partial charge in [0.1, 0.15) is 0 Å². The molecule has 0 aromatic carbocycles. The van der Waals surface area contributed by atoms with Gasteiger partial charge in [-0.15, -0.1) is 0 Å². The van der Waals surface area contributed by atoms with E-state index in [0.29, 0.717) is 6.04 Å². The van der Waals surface area contributed by atoms with Gasteiger partial charge in [0.05, 0.1) is 0 Å². The van der Waals surface area contributed by atoms with E-state index in [1.165, 1.54) is 32.1 Å². The van der Waals surface area contributed by atoms with Gasteiger partial charge in [-0.05, 0) is 38.4 Å². The van der Waals surface area contributed by atoms with Crippen LogP contribution in [0.5, 0.6) is 0 Å². The summed E-state index contributed by atoms with van der Waals surface area (Å²) in [4.78, 5) is 0. The number of thiocarbonyl (C=S) groups is 1. The molecule has 0 aromatic rings. The SMILES string of the molecule is CC(C)CCCCCCNC(=S)NC(C)C. The summed E-state index contributed by atoms with van der Waals surface area (Å²) in [5, 5.41) is 7.20. The molecule has 0 saturated heterocycles. The molecule has 96 valence electrons. The molecule has 3 heteroatoms. The number of rotatable bonds is 8. The van der Waals surface area contributed by atoms with Crippen LogP contribution >= 0.6 is 12.2 Å². The Morgan fingerprint density at radius 2 is 1.62 bits per heavy atom. The number of unbranched alkanes of at least 4 members (excludes halogenated alkanes) is 3. The van der Waals surface area contributed by atoms with Crippen LogP contribution in [0.15, 0.2) is 0 Å². The van der Waals surface area contributed by atoms with Gasteiger partial charge < -0.3 is 10.6 Å². The third-order valence-corrected chi connectivity index (χ3v) is 2.68. The maximum atomic E-state index is 5.14. The minimum atomic E-state index is 0.422. The van der Waals surface area contributed by atoms with Crippen molar-refractivity contribution in [3.63, 3.8) is 0 Å². The van der Waals surface area contributed by atoms with Crippen LogP contribution < -0.4 is 10.6 Å². The minimum absolute atomic E-state index is 0.422. The van der Waals surface area contributed by atoms with Crippen LogP contribution in [0.3, 0.4) is 0 Å². The minimum Gasteiger partial charge on any atom is -0.363 e. The van der Waals surface area contributed by atoms with Gasteiger partial charge in [0.15, 0.2) is 5.11 Å². The molecule has 16 heavy (non-hydrogen) atoms. The molecular formula is C13H28N2S. The molecule has 0 atom stereocenters. The van der Waals surface area contributed by atoms with E-state index in [2.05, 4.69) is 38.3 Å². The molecule has 0 aliphatic heterocycles. The summed E-state index contributed by atoms with van der Waals surface area (Å²) in [5.41, 5.74) is 0. The molecule has 0 radical (unpaired) electrons. The van der Waals surface area contributed by atoms with E-state index in [9.17, 15) is 0 Å². The van der Waals surface area contributed by atoms with E-state index in [1.54, 1.807) is 0 Å². The van der Waals surface area contributed by atoms with Crippen LogP contribution in [-0.2, 0) is 0 Å². The van der Waals surface area contributed by atoms with Gasteiger partial charge in [0.25, 0.3) is 0 Å². The average molecular weight is 244 g/mol. The molecule has 0 unspecified atom stereocenters. The van der Waals surface area contributed by atoms with E-state index >= 15 is 0 Å². The molecule has 0 fully saturated rings. The Morgan fingerprint density at radius 1 is 1.00 bits per heavy atom. The largest absolute Gasteiger partial charge is 0.363 e. The van der Waals surface area contributed by atoms with Crippen LogP contribution in [-0.4, -0.2) is 17.7 Å². The molecule has 0 amide bonds. The standard InChI is InChI=1S/C13H28N2S/c1-11(2)9-7-5-6-8-10-14-13(16)15-12(3)4/h11-12H,5-10H2,1-4H3,(H2,14,15,16). The number of hydrogen-bond donors (Lipinski definition) is 2. The Kier molecular flexibility index (Phi) is 9.69. The molecule has 0 spiro atoms. The third kappa shape index (κ3) is 11.8. The van der Waals surface area contributed by atoms with Gasteiger partial charge in [-0.1, -0.05) is 39.5 Å². The molecule has 0 aliphatic rings. The van der Waals surface area contributed by atoms with Gasteiger partial charge in [0.2, 0.25) is 0 Å². The maximum Gasteiger partial charge on any atom is 0.166 e. The first-order valence-electron chi connectivity index (χ1n) is 6.56. The second kappa shape index (κ2) is 9.88. The quantitative estimate of drug-likeness (QED) is 0.505. The smallest absolute Gasteiger partial charge is 0.166 e. The van der Waals surface area contributed by atoms with Crippen molar-refractivity contribution < 1.29 is 0 Å². The molecular weight excluding hydrogens is 216 g/mol. The van der Waals surface area contributed by atoms with Crippen molar-refractivity contribution in [1.82, 2.24) is 10.6 Å². The van der Waals surface area contributed by atoms with Crippen molar-refractivity contribution in [3.8, 4) is 0 Å². The molecule has 0 aliphatic carbocycles. The van der Waals surface area contributed by atoms with Crippen molar-refractivity contribution in [2.24, 2.45) is 5.92 Å². The monoisotopic (exact) mass is 244 g/mol. The van der Waals surface area contributed by atoms with Crippen LogP contribution in [0.25, 0.3) is 0 Å². The lowest BCUT2D eigenvalue weighted by Gasteiger charge is -2.12. The first-order chi connectivity index (χ1) is 7.52. The highest BCUT2D eigenvalue weighted by Crippen LogP contribution is 2.08. The highest BCUT2D eigenvalue weighted by molar-refractivity contribution is 7.80.